The summed E-state index contributed by atoms with van der Waals surface area (Å²) >= 11 is 6.01. The van der Waals surface area contributed by atoms with Crippen molar-refractivity contribution in [2.24, 2.45) is 0 Å². The maximum Gasteiger partial charge on any atom is 0.251 e. The number of aryl methyl sites for hydroxylation is 1. The summed E-state index contributed by atoms with van der Waals surface area (Å²) in [6.45, 7) is 6.03. The van der Waals surface area contributed by atoms with Crippen LogP contribution < -0.4 is 10.1 Å². The van der Waals surface area contributed by atoms with Crippen molar-refractivity contribution in [2.75, 3.05) is 6.61 Å². The molecule has 0 unspecified atom stereocenters. The average Bonchev–Trinajstić information content (AvgIpc) is 3.18. The Morgan fingerprint density at radius 1 is 1.06 bits per heavy atom. The standard InChI is InChI=1S/C27H28ClN3O2/c1-19(2)20-11-13-23(14-12-20)33-16-6-15-31-25-10-4-3-9-24(25)30-26(31)18-29-27(32)21-7-5-8-22(28)17-21/h3-5,7-14,17,19H,6,15-16,18H2,1-2H3,(H,29,32). The van der Waals surface area contributed by atoms with Gasteiger partial charge in [-0.2, -0.15) is 0 Å². The lowest BCUT2D eigenvalue weighted by atomic mass is 10.0. The third-order valence-electron chi connectivity index (χ3n) is 5.57. The predicted octanol–water partition coefficient (Wildman–Crippen LogP) is 6.21. The third-order valence-corrected chi connectivity index (χ3v) is 5.80. The molecular formula is C27H28ClN3O2. The van der Waals surface area contributed by atoms with E-state index in [1.54, 1.807) is 24.3 Å². The number of para-hydroxylation sites is 2. The number of benzene rings is 3. The minimum atomic E-state index is -0.177. The normalized spacial score (nSPS) is 11.2. The van der Waals surface area contributed by atoms with Crippen LogP contribution >= 0.6 is 11.6 Å². The van der Waals surface area contributed by atoms with Gasteiger partial charge in [-0.25, -0.2) is 4.98 Å². The van der Waals surface area contributed by atoms with Crippen molar-refractivity contribution < 1.29 is 9.53 Å². The SMILES string of the molecule is CC(C)c1ccc(OCCCn2c(CNC(=O)c3cccc(Cl)c3)nc3ccccc32)cc1. The topological polar surface area (TPSA) is 56.1 Å². The summed E-state index contributed by atoms with van der Waals surface area (Å²) in [6, 6.07) is 23.2. The second kappa shape index (κ2) is 10.5. The van der Waals surface area contributed by atoms with Crippen LogP contribution in [0.5, 0.6) is 5.75 Å². The van der Waals surface area contributed by atoms with Crippen molar-refractivity contribution in [2.45, 2.75) is 39.3 Å². The molecule has 1 amide bonds. The summed E-state index contributed by atoms with van der Waals surface area (Å²) in [4.78, 5) is 17.3. The van der Waals surface area contributed by atoms with Gasteiger partial charge in [0.1, 0.15) is 11.6 Å². The summed E-state index contributed by atoms with van der Waals surface area (Å²) < 4.78 is 8.09. The van der Waals surface area contributed by atoms with Crippen molar-refractivity contribution in [1.82, 2.24) is 14.9 Å². The number of halogens is 1. The number of rotatable bonds is 9. The Morgan fingerprint density at radius 3 is 2.61 bits per heavy atom. The van der Waals surface area contributed by atoms with Gasteiger partial charge in [-0.1, -0.05) is 55.8 Å². The van der Waals surface area contributed by atoms with Crippen LogP contribution in [0.3, 0.4) is 0 Å². The summed E-state index contributed by atoms with van der Waals surface area (Å²) in [6.07, 6.45) is 0.821. The highest BCUT2D eigenvalue weighted by Crippen LogP contribution is 2.20. The lowest BCUT2D eigenvalue weighted by Gasteiger charge is -2.12. The molecule has 170 valence electrons. The van der Waals surface area contributed by atoms with E-state index in [-0.39, 0.29) is 5.91 Å². The molecule has 3 aromatic carbocycles. The second-order valence-corrected chi connectivity index (χ2v) is 8.72. The molecule has 33 heavy (non-hydrogen) atoms. The molecule has 1 N–H and O–H groups in total. The number of ether oxygens (including phenoxy) is 1. The Labute approximate surface area is 199 Å². The molecule has 0 bridgehead atoms. The molecule has 0 aliphatic carbocycles. The Balaban J connectivity index is 1.40. The fraction of sp³-hybridized carbons (Fsp3) is 0.259. The molecule has 0 saturated heterocycles. The Kier molecular flexibility index (Phi) is 7.30. The summed E-state index contributed by atoms with van der Waals surface area (Å²) in [5, 5.41) is 3.50. The number of imidazole rings is 1. The van der Waals surface area contributed by atoms with E-state index in [9.17, 15) is 4.79 Å². The van der Waals surface area contributed by atoms with Gasteiger partial charge in [0.05, 0.1) is 24.2 Å². The van der Waals surface area contributed by atoms with Gasteiger partial charge in [-0.3, -0.25) is 4.79 Å². The van der Waals surface area contributed by atoms with Crippen molar-refractivity contribution in [3.05, 3.63) is 94.8 Å². The number of hydrogen-bond donors (Lipinski definition) is 1. The molecule has 6 heteroatoms. The van der Waals surface area contributed by atoms with E-state index in [1.165, 1.54) is 5.56 Å². The Morgan fingerprint density at radius 2 is 1.85 bits per heavy atom. The zero-order valence-corrected chi connectivity index (χ0v) is 19.7. The number of amides is 1. The molecule has 0 aliphatic rings. The number of nitrogens with zero attached hydrogens (tertiary/aromatic N) is 2. The first-order valence-electron chi connectivity index (χ1n) is 11.2. The maximum atomic E-state index is 12.6. The highest BCUT2D eigenvalue weighted by molar-refractivity contribution is 6.30. The number of nitrogens with one attached hydrogen (secondary N) is 1. The van der Waals surface area contributed by atoms with Gasteiger partial charge in [0.15, 0.2) is 0 Å². The molecule has 4 aromatic rings. The van der Waals surface area contributed by atoms with E-state index in [0.717, 1.165) is 35.6 Å². The third kappa shape index (κ3) is 5.74. The van der Waals surface area contributed by atoms with Gasteiger partial charge >= 0.3 is 0 Å². The first-order chi connectivity index (χ1) is 16.0. The van der Waals surface area contributed by atoms with Gasteiger partial charge < -0.3 is 14.6 Å². The molecule has 0 saturated carbocycles. The molecule has 1 heterocycles. The van der Waals surface area contributed by atoms with E-state index >= 15 is 0 Å². The fourth-order valence-corrected chi connectivity index (χ4v) is 3.95. The first-order valence-corrected chi connectivity index (χ1v) is 11.6. The minimum Gasteiger partial charge on any atom is -0.494 e. The van der Waals surface area contributed by atoms with Gasteiger partial charge in [0, 0.05) is 17.1 Å². The number of fused-ring (bicyclic) bond motifs is 1. The van der Waals surface area contributed by atoms with Gasteiger partial charge in [0.25, 0.3) is 5.91 Å². The zero-order valence-electron chi connectivity index (χ0n) is 18.9. The van der Waals surface area contributed by atoms with Gasteiger partial charge in [0.2, 0.25) is 0 Å². The molecule has 5 nitrogen and oxygen atoms in total. The molecular weight excluding hydrogens is 434 g/mol. The van der Waals surface area contributed by atoms with E-state index < -0.39 is 0 Å². The molecule has 0 aliphatic heterocycles. The number of hydrogen-bond acceptors (Lipinski definition) is 3. The van der Waals surface area contributed by atoms with Gasteiger partial charge in [-0.05, 0) is 60.4 Å². The van der Waals surface area contributed by atoms with Crippen molar-refractivity contribution in [3.8, 4) is 5.75 Å². The van der Waals surface area contributed by atoms with Gasteiger partial charge in [-0.15, -0.1) is 0 Å². The molecule has 0 atom stereocenters. The van der Waals surface area contributed by atoms with Crippen LogP contribution in [0.15, 0.2) is 72.8 Å². The molecule has 0 radical (unpaired) electrons. The minimum absolute atomic E-state index is 0.177. The lowest BCUT2D eigenvalue weighted by molar-refractivity contribution is 0.0949. The summed E-state index contributed by atoms with van der Waals surface area (Å²) in [5.74, 6) is 2.02. The number of aromatic nitrogens is 2. The van der Waals surface area contributed by atoms with E-state index in [4.69, 9.17) is 21.3 Å². The Bertz CT molecular complexity index is 1230. The number of carbonyl (C=O) groups is 1. The highest BCUT2D eigenvalue weighted by Gasteiger charge is 2.13. The maximum absolute atomic E-state index is 12.6. The zero-order chi connectivity index (χ0) is 23.2. The largest absolute Gasteiger partial charge is 0.494 e. The van der Waals surface area contributed by atoms with E-state index in [0.29, 0.717) is 29.7 Å². The lowest BCUT2D eigenvalue weighted by Crippen LogP contribution is -2.25. The highest BCUT2D eigenvalue weighted by atomic mass is 35.5. The molecule has 4 rings (SSSR count). The van der Waals surface area contributed by atoms with Crippen molar-refractivity contribution >= 4 is 28.5 Å². The van der Waals surface area contributed by atoms with Crippen LogP contribution in [0.25, 0.3) is 11.0 Å². The monoisotopic (exact) mass is 461 g/mol. The molecule has 0 spiro atoms. The van der Waals surface area contributed by atoms with Crippen LogP contribution in [0.2, 0.25) is 5.02 Å². The van der Waals surface area contributed by atoms with E-state index in [2.05, 4.69) is 41.9 Å². The van der Waals surface area contributed by atoms with Crippen molar-refractivity contribution in [3.63, 3.8) is 0 Å². The van der Waals surface area contributed by atoms with E-state index in [1.807, 2.05) is 30.3 Å². The van der Waals surface area contributed by atoms with Crippen LogP contribution in [0.1, 0.15) is 47.9 Å². The second-order valence-electron chi connectivity index (χ2n) is 8.29. The fourth-order valence-electron chi connectivity index (χ4n) is 3.76. The summed E-state index contributed by atoms with van der Waals surface area (Å²) in [5.41, 5.74) is 3.79. The van der Waals surface area contributed by atoms with Crippen LogP contribution in [-0.4, -0.2) is 22.1 Å². The molecule has 0 fully saturated rings. The van der Waals surface area contributed by atoms with Crippen LogP contribution in [-0.2, 0) is 13.1 Å². The van der Waals surface area contributed by atoms with Crippen LogP contribution in [0, 0.1) is 0 Å². The Hall–Kier alpha value is -3.31. The van der Waals surface area contributed by atoms with Crippen LogP contribution in [0.4, 0.5) is 0 Å². The smallest absolute Gasteiger partial charge is 0.251 e. The van der Waals surface area contributed by atoms with Crippen molar-refractivity contribution in [1.29, 1.82) is 0 Å². The predicted molar refractivity (Wildman–Crippen MR) is 133 cm³/mol. The average molecular weight is 462 g/mol. The quantitative estimate of drug-likeness (QED) is 0.301. The summed E-state index contributed by atoms with van der Waals surface area (Å²) in [7, 11) is 0. The first kappa shape index (κ1) is 22.9. The number of carbonyl (C=O) groups excluding carboxylic acids is 1. The molecule has 1 aromatic heterocycles.